The highest BCUT2D eigenvalue weighted by molar-refractivity contribution is 7.99. The third-order valence-electron chi connectivity index (χ3n) is 3.84. The molecule has 1 aliphatic rings. The molecule has 0 spiro atoms. The van der Waals surface area contributed by atoms with Gasteiger partial charge in [0.05, 0.1) is 31.7 Å². The number of fused-ring (bicyclic) bond motifs is 1. The molecular formula is C18H21NO3S. The molecule has 122 valence electrons. The normalized spacial score (nSPS) is 20.3. The van der Waals surface area contributed by atoms with Crippen molar-refractivity contribution in [2.24, 2.45) is 0 Å². The summed E-state index contributed by atoms with van der Waals surface area (Å²) in [7, 11) is 1.67. The number of hydrogen-bond donors (Lipinski definition) is 2. The summed E-state index contributed by atoms with van der Waals surface area (Å²) < 4.78 is 11.1. The molecule has 2 aromatic carbocycles. The number of anilines is 1. The van der Waals surface area contributed by atoms with Crippen molar-refractivity contribution in [3.05, 3.63) is 54.1 Å². The first-order valence-electron chi connectivity index (χ1n) is 7.68. The minimum absolute atomic E-state index is 0.0204. The molecule has 1 aliphatic heterocycles. The Labute approximate surface area is 140 Å². The summed E-state index contributed by atoms with van der Waals surface area (Å²) in [6.07, 6.45) is -0.0204. The van der Waals surface area contributed by atoms with Gasteiger partial charge in [0.15, 0.2) is 0 Å². The van der Waals surface area contributed by atoms with Crippen molar-refractivity contribution in [1.29, 1.82) is 0 Å². The highest BCUT2D eigenvalue weighted by atomic mass is 32.2. The van der Waals surface area contributed by atoms with Crippen LogP contribution in [-0.2, 0) is 4.74 Å². The maximum atomic E-state index is 9.10. The Morgan fingerprint density at radius 1 is 1.17 bits per heavy atom. The quantitative estimate of drug-likeness (QED) is 0.880. The van der Waals surface area contributed by atoms with E-state index < -0.39 is 0 Å². The van der Waals surface area contributed by atoms with E-state index in [2.05, 4.69) is 29.6 Å². The van der Waals surface area contributed by atoms with Gasteiger partial charge in [-0.05, 0) is 29.8 Å². The summed E-state index contributed by atoms with van der Waals surface area (Å²) in [6, 6.07) is 16.4. The molecule has 0 amide bonds. The molecule has 0 bridgehead atoms. The van der Waals surface area contributed by atoms with Crippen molar-refractivity contribution in [3.8, 4) is 5.75 Å². The third kappa shape index (κ3) is 3.80. The first kappa shape index (κ1) is 16.2. The van der Waals surface area contributed by atoms with Crippen LogP contribution < -0.4 is 10.1 Å². The van der Waals surface area contributed by atoms with Gasteiger partial charge in [0.1, 0.15) is 5.75 Å². The first-order chi connectivity index (χ1) is 11.3. The van der Waals surface area contributed by atoms with E-state index in [-0.39, 0.29) is 18.0 Å². The van der Waals surface area contributed by atoms with Crippen molar-refractivity contribution in [3.63, 3.8) is 0 Å². The lowest BCUT2D eigenvalue weighted by atomic mass is 10.1. The average molecular weight is 331 g/mol. The summed E-state index contributed by atoms with van der Waals surface area (Å²) in [5.41, 5.74) is 2.32. The first-order valence-corrected chi connectivity index (χ1v) is 8.55. The predicted octanol–water partition coefficient (Wildman–Crippen LogP) is 3.33. The van der Waals surface area contributed by atoms with E-state index in [9.17, 15) is 0 Å². The zero-order chi connectivity index (χ0) is 16.1. The summed E-state index contributed by atoms with van der Waals surface area (Å²) in [4.78, 5) is 1.21. The number of aliphatic hydroxyl groups is 1. The second-order valence-electron chi connectivity index (χ2n) is 5.32. The molecule has 0 saturated heterocycles. The smallest absolute Gasteiger partial charge is 0.118 e. The van der Waals surface area contributed by atoms with E-state index in [1.807, 2.05) is 24.3 Å². The molecule has 0 aromatic heterocycles. The fourth-order valence-electron chi connectivity index (χ4n) is 2.67. The molecule has 5 heteroatoms. The average Bonchev–Trinajstić information content (AvgIpc) is 2.79. The second kappa shape index (κ2) is 7.73. The molecule has 0 fully saturated rings. The molecule has 0 unspecified atom stereocenters. The van der Waals surface area contributed by atoms with Crippen LogP contribution in [0.5, 0.6) is 5.75 Å². The van der Waals surface area contributed by atoms with Crippen molar-refractivity contribution in [1.82, 2.24) is 0 Å². The summed E-state index contributed by atoms with van der Waals surface area (Å²) in [5.74, 6) is 0.846. The zero-order valence-electron chi connectivity index (χ0n) is 13.1. The molecule has 2 atom stereocenters. The molecule has 23 heavy (non-hydrogen) atoms. The fourth-order valence-corrected chi connectivity index (χ4v) is 3.99. The Morgan fingerprint density at radius 3 is 2.70 bits per heavy atom. The van der Waals surface area contributed by atoms with Gasteiger partial charge in [-0.3, -0.25) is 0 Å². The zero-order valence-corrected chi connectivity index (χ0v) is 13.9. The van der Waals surface area contributed by atoms with E-state index in [0.29, 0.717) is 13.2 Å². The molecule has 0 saturated carbocycles. The molecule has 4 nitrogen and oxygen atoms in total. The number of para-hydroxylation sites is 1. The highest BCUT2D eigenvalue weighted by Gasteiger charge is 2.28. The van der Waals surface area contributed by atoms with Crippen molar-refractivity contribution in [2.75, 3.05) is 32.2 Å². The van der Waals surface area contributed by atoms with Gasteiger partial charge < -0.3 is 19.9 Å². The lowest BCUT2D eigenvalue weighted by molar-refractivity contribution is 0.0349. The van der Waals surface area contributed by atoms with Crippen molar-refractivity contribution >= 4 is 17.4 Å². The minimum Gasteiger partial charge on any atom is -0.497 e. The van der Waals surface area contributed by atoms with Crippen LogP contribution in [0, 0.1) is 0 Å². The standard InChI is InChI=1S/C18H21NO3S/c1-21-14-8-6-13(7-9-14)18-16(22-11-10-20)12-19-15-4-2-3-5-17(15)23-18/h2-9,16,18-20H,10-12H2,1H3/t16-,18-/m0/s1. The molecule has 3 rings (SSSR count). The molecule has 2 N–H and O–H groups in total. The number of benzene rings is 2. The van der Waals surface area contributed by atoms with E-state index in [1.54, 1.807) is 18.9 Å². The Bertz CT molecular complexity index is 632. The summed E-state index contributed by atoms with van der Waals surface area (Å²) in [6.45, 7) is 1.08. The number of hydrogen-bond acceptors (Lipinski definition) is 5. The second-order valence-corrected chi connectivity index (χ2v) is 6.50. The molecule has 0 radical (unpaired) electrons. The maximum Gasteiger partial charge on any atom is 0.118 e. The van der Waals surface area contributed by atoms with Crippen LogP contribution >= 0.6 is 11.8 Å². The number of aliphatic hydroxyl groups excluding tert-OH is 1. The van der Waals surface area contributed by atoms with Crippen LogP contribution in [0.25, 0.3) is 0 Å². The monoisotopic (exact) mass is 331 g/mol. The maximum absolute atomic E-state index is 9.10. The van der Waals surface area contributed by atoms with Crippen LogP contribution in [0.3, 0.4) is 0 Å². The third-order valence-corrected chi connectivity index (χ3v) is 5.28. The van der Waals surface area contributed by atoms with E-state index in [1.165, 1.54) is 10.5 Å². The number of rotatable bonds is 5. The van der Waals surface area contributed by atoms with Crippen molar-refractivity contribution in [2.45, 2.75) is 16.2 Å². The minimum atomic E-state index is -0.0204. The number of thioether (sulfide) groups is 1. The van der Waals surface area contributed by atoms with Crippen LogP contribution in [0.1, 0.15) is 10.8 Å². The Kier molecular flexibility index (Phi) is 5.43. The van der Waals surface area contributed by atoms with Crippen LogP contribution in [0.15, 0.2) is 53.4 Å². The highest BCUT2D eigenvalue weighted by Crippen LogP contribution is 2.44. The fraction of sp³-hybridized carbons (Fsp3) is 0.333. The molecule has 1 heterocycles. The van der Waals surface area contributed by atoms with Crippen LogP contribution in [-0.4, -0.2) is 38.1 Å². The van der Waals surface area contributed by atoms with Gasteiger partial charge in [0.25, 0.3) is 0 Å². The Balaban J connectivity index is 1.89. The summed E-state index contributed by atoms with van der Waals surface area (Å²) >= 11 is 1.79. The van der Waals surface area contributed by atoms with Crippen LogP contribution in [0.4, 0.5) is 5.69 Å². The van der Waals surface area contributed by atoms with Crippen molar-refractivity contribution < 1.29 is 14.6 Å². The molecular weight excluding hydrogens is 310 g/mol. The van der Waals surface area contributed by atoms with Gasteiger partial charge in [-0.25, -0.2) is 0 Å². The molecule has 0 aliphatic carbocycles. The van der Waals surface area contributed by atoms with Gasteiger partial charge in [-0.1, -0.05) is 24.3 Å². The van der Waals surface area contributed by atoms with E-state index in [4.69, 9.17) is 14.6 Å². The van der Waals surface area contributed by atoms with Crippen LogP contribution in [0.2, 0.25) is 0 Å². The lowest BCUT2D eigenvalue weighted by Crippen LogP contribution is -2.28. The number of ether oxygens (including phenoxy) is 2. The predicted molar refractivity (Wildman–Crippen MR) is 93.3 cm³/mol. The van der Waals surface area contributed by atoms with E-state index in [0.717, 1.165) is 11.4 Å². The SMILES string of the molecule is COc1ccc([C@@H]2Sc3ccccc3NC[C@@H]2OCCO)cc1. The number of methoxy groups -OCH3 is 1. The van der Waals surface area contributed by atoms with E-state index >= 15 is 0 Å². The van der Waals surface area contributed by atoms with Gasteiger partial charge in [-0.15, -0.1) is 11.8 Å². The van der Waals surface area contributed by atoms with Gasteiger partial charge in [-0.2, -0.15) is 0 Å². The van der Waals surface area contributed by atoms with Gasteiger partial charge >= 0.3 is 0 Å². The molecule has 2 aromatic rings. The summed E-state index contributed by atoms with van der Waals surface area (Å²) in [5, 5.41) is 12.7. The largest absolute Gasteiger partial charge is 0.497 e. The Hall–Kier alpha value is -1.69. The van der Waals surface area contributed by atoms with Gasteiger partial charge in [0.2, 0.25) is 0 Å². The van der Waals surface area contributed by atoms with Gasteiger partial charge in [0, 0.05) is 17.1 Å². The number of nitrogens with one attached hydrogen (secondary N) is 1. The lowest BCUT2D eigenvalue weighted by Gasteiger charge is -2.25. The topological polar surface area (TPSA) is 50.7 Å². The Morgan fingerprint density at radius 2 is 1.96 bits per heavy atom.